The minimum atomic E-state index is -0.488. The highest BCUT2D eigenvalue weighted by Crippen LogP contribution is 2.29. The van der Waals surface area contributed by atoms with E-state index in [2.05, 4.69) is 37.3 Å². The summed E-state index contributed by atoms with van der Waals surface area (Å²) >= 11 is 6.44. The first kappa shape index (κ1) is 24.8. The van der Waals surface area contributed by atoms with E-state index in [1.54, 1.807) is 17.4 Å². The molecule has 1 aliphatic heterocycles. The molecule has 0 spiro atoms. The lowest BCUT2D eigenvalue weighted by Crippen LogP contribution is -2.50. The highest BCUT2D eigenvalue weighted by Gasteiger charge is 2.26. The van der Waals surface area contributed by atoms with Crippen LogP contribution in [0.2, 0.25) is 5.02 Å². The normalized spacial score (nSPS) is 14.2. The number of benzene rings is 2. The first-order valence-electron chi connectivity index (χ1n) is 12.2. The molecule has 0 aliphatic carbocycles. The second kappa shape index (κ2) is 9.89. The summed E-state index contributed by atoms with van der Waals surface area (Å²) in [5, 5.41) is 3.74. The van der Waals surface area contributed by atoms with Gasteiger partial charge in [-0.15, -0.1) is 0 Å². The number of fused-ring (bicyclic) bond motifs is 1. The number of rotatable bonds is 4. The first-order chi connectivity index (χ1) is 17.7. The van der Waals surface area contributed by atoms with Crippen LogP contribution in [0, 0.1) is 0 Å². The van der Waals surface area contributed by atoms with Crippen LogP contribution in [0.1, 0.15) is 20.8 Å². The maximum atomic E-state index is 12.3. The molecule has 0 unspecified atom stereocenters. The van der Waals surface area contributed by atoms with Crippen molar-refractivity contribution in [2.75, 3.05) is 36.4 Å². The number of aryl methyl sites for hydroxylation is 1. The summed E-state index contributed by atoms with van der Waals surface area (Å²) in [5.41, 5.74) is 4.91. The van der Waals surface area contributed by atoms with E-state index in [-0.39, 0.29) is 6.09 Å². The van der Waals surface area contributed by atoms with Gasteiger partial charge in [-0.25, -0.2) is 19.7 Å². The molecule has 1 saturated heterocycles. The van der Waals surface area contributed by atoms with Crippen molar-refractivity contribution < 1.29 is 9.53 Å². The second-order valence-electron chi connectivity index (χ2n) is 10.1. The maximum absolute atomic E-state index is 12.3. The van der Waals surface area contributed by atoms with Crippen molar-refractivity contribution in [2.45, 2.75) is 26.4 Å². The van der Waals surface area contributed by atoms with E-state index in [1.807, 2.05) is 62.7 Å². The predicted octanol–water partition coefficient (Wildman–Crippen LogP) is 5.48. The molecule has 2 aromatic heterocycles. The third-order valence-corrected chi connectivity index (χ3v) is 6.44. The molecule has 192 valence electrons. The zero-order chi connectivity index (χ0) is 26.2. The summed E-state index contributed by atoms with van der Waals surface area (Å²) in [6.07, 6.45) is 3.13. The number of aromatic nitrogens is 4. The van der Waals surface area contributed by atoms with Crippen LogP contribution in [-0.4, -0.2) is 62.3 Å². The molecule has 4 aromatic rings. The first-order valence-corrected chi connectivity index (χ1v) is 12.6. The highest BCUT2D eigenvalue weighted by atomic mass is 35.5. The number of ether oxygens (including phenoxy) is 1. The van der Waals surface area contributed by atoms with Crippen LogP contribution >= 0.6 is 11.6 Å². The van der Waals surface area contributed by atoms with E-state index in [0.29, 0.717) is 29.8 Å². The number of carbonyl (C=O) groups is 1. The Morgan fingerprint density at radius 3 is 2.46 bits per heavy atom. The van der Waals surface area contributed by atoms with Gasteiger partial charge in [-0.1, -0.05) is 17.7 Å². The summed E-state index contributed by atoms with van der Waals surface area (Å²) in [6.45, 7) is 8.39. The Bertz CT molecular complexity index is 1420. The van der Waals surface area contributed by atoms with E-state index in [4.69, 9.17) is 16.3 Å². The fourth-order valence-electron chi connectivity index (χ4n) is 4.27. The van der Waals surface area contributed by atoms with Gasteiger partial charge in [0.25, 0.3) is 0 Å². The molecule has 3 heterocycles. The van der Waals surface area contributed by atoms with Crippen LogP contribution < -0.4 is 10.2 Å². The van der Waals surface area contributed by atoms with Gasteiger partial charge in [0, 0.05) is 50.2 Å². The Morgan fingerprint density at radius 2 is 1.76 bits per heavy atom. The van der Waals surface area contributed by atoms with Crippen molar-refractivity contribution in [1.29, 1.82) is 0 Å². The molecule has 0 radical (unpaired) electrons. The topological polar surface area (TPSA) is 88.4 Å². The predicted molar refractivity (Wildman–Crippen MR) is 146 cm³/mol. The fraction of sp³-hybridized carbons (Fsp3) is 0.333. The lowest BCUT2D eigenvalue weighted by atomic mass is 10.1. The van der Waals surface area contributed by atoms with E-state index in [0.717, 1.165) is 41.1 Å². The van der Waals surface area contributed by atoms with Gasteiger partial charge in [0.15, 0.2) is 0 Å². The van der Waals surface area contributed by atoms with Crippen molar-refractivity contribution in [3.63, 3.8) is 0 Å². The van der Waals surface area contributed by atoms with Crippen molar-refractivity contribution in [2.24, 2.45) is 7.05 Å². The second-order valence-corrected chi connectivity index (χ2v) is 10.5. The fourth-order valence-corrected chi connectivity index (χ4v) is 4.47. The highest BCUT2D eigenvalue weighted by molar-refractivity contribution is 6.33. The number of anilines is 3. The molecule has 1 N–H and O–H groups in total. The summed E-state index contributed by atoms with van der Waals surface area (Å²) < 4.78 is 7.46. The molecule has 10 heteroatoms. The van der Waals surface area contributed by atoms with Gasteiger partial charge in [0.05, 0.1) is 34.3 Å². The monoisotopic (exact) mass is 519 g/mol. The van der Waals surface area contributed by atoms with Gasteiger partial charge in [0.1, 0.15) is 5.60 Å². The van der Waals surface area contributed by atoms with Crippen LogP contribution in [0.25, 0.3) is 22.3 Å². The van der Waals surface area contributed by atoms with Gasteiger partial charge < -0.3 is 24.4 Å². The molecule has 1 amide bonds. The number of piperazine rings is 1. The Labute approximate surface area is 221 Å². The van der Waals surface area contributed by atoms with Crippen LogP contribution in [0.5, 0.6) is 0 Å². The Kier molecular flexibility index (Phi) is 6.64. The number of amides is 1. The summed E-state index contributed by atoms with van der Waals surface area (Å²) in [6, 6.07) is 14.1. The van der Waals surface area contributed by atoms with Crippen LogP contribution in [0.3, 0.4) is 0 Å². The molecular formula is C27H30ClN7O2. The van der Waals surface area contributed by atoms with Gasteiger partial charge in [0.2, 0.25) is 5.95 Å². The van der Waals surface area contributed by atoms with Crippen LogP contribution in [-0.2, 0) is 11.8 Å². The minimum Gasteiger partial charge on any atom is -0.444 e. The quantitative estimate of drug-likeness (QED) is 0.381. The van der Waals surface area contributed by atoms with Crippen molar-refractivity contribution in [1.82, 2.24) is 24.4 Å². The largest absolute Gasteiger partial charge is 0.444 e. The average Bonchev–Trinajstić information content (AvgIpc) is 3.24. The molecule has 9 nitrogen and oxygen atoms in total. The number of hydrogen-bond donors (Lipinski definition) is 1. The standard InChI is InChI=1S/C27H30ClN7O2/c1-27(2,3)37-26(36)35-13-11-34(12-14-35)20-8-6-19(7-9-20)31-25-29-16-21(28)24(32-25)18-5-10-23-22(15-18)30-17-33(23)4/h5-10,15-17H,11-14H2,1-4H3,(H,29,31,32). The van der Waals surface area contributed by atoms with Crippen molar-refractivity contribution in [3.8, 4) is 11.3 Å². The van der Waals surface area contributed by atoms with E-state index in [9.17, 15) is 4.79 Å². The van der Waals surface area contributed by atoms with E-state index >= 15 is 0 Å². The maximum Gasteiger partial charge on any atom is 0.410 e. The van der Waals surface area contributed by atoms with E-state index < -0.39 is 5.60 Å². The number of nitrogens with zero attached hydrogens (tertiary/aromatic N) is 6. The molecule has 0 atom stereocenters. The molecule has 5 rings (SSSR count). The molecule has 1 fully saturated rings. The summed E-state index contributed by atoms with van der Waals surface area (Å²) in [4.78, 5) is 29.8. The molecule has 2 aromatic carbocycles. The third kappa shape index (κ3) is 5.61. The van der Waals surface area contributed by atoms with Crippen molar-refractivity contribution >= 4 is 46.1 Å². The van der Waals surface area contributed by atoms with Crippen molar-refractivity contribution in [3.05, 3.63) is 60.0 Å². The Hall–Kier alpha value is -3.85. The smallest absolute Gasteiger partial charge is 0.410 e. The van der Waals surface area contributed by atoms with Crippen LogP contribution in [0.15, 0.2) is 55.0 Å². The molecule has 37 heavy (non-hydrogen) atoms. The summed E-state index contributed by atoms with van der Waals surface area (Å²) in [5.74, 6) is 0.458. The molecule has 0 bridgehead atoms. The van der Waals surface area contributed by atoms with Gasteiger partial charge in [-0.05, 0) is 57.2 Å². The lowest BCUT2D eigenvalue weighted by Gasteiger charge is -2.36. The zero-order valence-electron chi connectivity index (χ0n) is 21.4. The lowest BCUT2D eigenvalue weighted by molar-refractivity contribution is 0.0240. The summed E-state index contributed by atoms with van der Waals surface area (Å²) in [7, 11) is 1.96. The number of halogens is 1. The number of nitrogens with one attached hydrogen (secondary N) is 1. The van der Waals surface area contributed by atoms with Crippen LogP contribution in [0.4, 0.5) is 22.1 Å². The number of imidazole rings is 1. The number of carbonyl (C=O) groups excluding carboxylic acids is 1. The zero-order valence-corrected chi connectivity index (χ0v) is 22.2. The average molecular weight is 520 g/mol. The Morgan fingerprint density at radius 1 is 1.03 bits per heavy atom. The SMILES string of the molecule is Cn1cnc2cc(-c3nc(Nc4ccc(N5CCN(C(=O)OC(C)(C)C)CC5)cc4)ncc3Cl)ccc21. The van der Waals surface area contributed by atoms with Gasteiger partial charge in [-0.3, -0.25) is 0 Å². The Balaban J connectivity index is 1.24. The van der Waals surface area contributed by atoms with Gasteiger partial charge >= 0.3 is 6.09 Å². The molecule has 1 aliphatic rings. The number of hydrogen-bond acceptors (Lipinski definition) is 7. The minimum absolute atomic E-state index is 0.256. The third-order valence-electron chi connectivity index (χ3n) is 6.16. The molecular weight excluding hydrogens is 490 g/mol. The van der Waals surface area contributed by atoms with Gasteiger partial charge in [-0.2, -0.15) is 0 Å². The molecule has 0 saturated carbocycles. The van der Waals surface area contributed by atoms with E-state index in [1.165, 1.54) is 0 Å².